The second-order valence-electron chi connectivity index (χ2n) is 2.85. The van der Waals surface area contributed by atoms with Gasteiger partial charge in [-0.3, -0.25) is 0 Å². The van der Waals surface area contributed by atoms with Gasteiger partial charge in [-0.2, -0.15) is 0 Å². The fourth-order valence-electron chi connectivity index (χ4n) is 0.953. The molecule has 0 aromatic carbocycles. The highest BCUT2D eigenvalue weighted by molar-refractivity contribution is 7.11. The van der Waals surface area contributed by atoms with Gasteiger partial charge in [0.2, 0.25) is 0 Å². The Morgan fingerprint density at radius 3 is 3.00 bits per heavy atom. The van der Waals surface area contributed by atoms with Crippen LogP contribution in [0.4, 0.5) is 0 Å². The van der Waals surface area contributed by atoms with Crippen LogP contribution in [0.25, 0.3) is 0 Å². The van der Waals surface area contributed by atoms with E-state index in [9.17, 15) is 4.79 Å². The van der Waals surface area contributed by atoms with E-state index in [0.29, 0.717) is 18.1 Å². The molecule has 0 amide bonds. The van der Waals surface area contributed by atoms with Gasteiger partial charge in [0.05, 0.1) is 6.61 Å². The molecule has 1 aromatic rings. The standard InChI is InChI=1S/C10H14O3S/c1-3-12-7-8(2)13-10(11)9-5-4-6-14-9/h4-6,8H,3,7H2,1-2H3. The average molecular weight is 214 g/mol. The fourth-order valence-corrected chi connectivity index (χ4v) is 1.56. The van der Waals surface area contributed by atoms with Crippen molar-refractivity contribution in [1.82, 2.24) is 0 Å². The largest absolute Gasteiger partial charge is 0.456 e. The Morgan fingerprint density at radius 1 is 1.64 bits per heavy atom. The summed E-state index contributed by atoms with van der Waals surface area (Å²) < 4.78 is 10.3. The Labute approximate surface area is 87.7 Å². The average Bonchev–Trinajstić information content (AvgIpc) is 2.67. The summed E-state index contributed by atoms with van der Waals surface area (Å²) >= 11 is 1.38. The zero-order chi connectivity index (χ0) is 10.4. The number of ether oxygens (including phenoxy) is 2. The van der Waals surface area contributed by atoms with Gasteiger partial charge in [0, 0.05) is 6.61 Å². The number of esters is 1. The van der Waals surface area contributed by atoms with E-state index in [-0.39, 0.29) is 12.1 Å². The molecule has 0 fully saturated rings. The summed E-state index contributed by atoms with van der Waals surface area (Å²) in [5.41, 5.74) is 0. The van der Waals surface area contributed by atoms with Crippen LogP contribution in [0.15, 0.2) is 17.5 Å². The van der Waals surface area contributed by atoms with Crippen LogP contribution >= 0.6 is 11.3 Å². The van der Waals surface area contributed by atoms with Crippen molar-refractivity contribution in [1.29, 1.82) is 0 Å². The van der Waals surface area contributed by atoms with Gasteiger partial charge >= 0.3 is 5.97 Å². The minimum Gasteiger partial charge on any atom is -0.456 e. The highest BCUT2D eigenvalue weighted by atomic mass is 32.1. The van der Waals surface area contributed by atoms with Crippen LogP contribution in [-0.4, -0.2) is 25.3 Å². The van der Waals surface area contributed by atoms with Gasteiger partial charge in [-0.25, -0.2) is 4.79 Å². The van der Waals surface area contributed by atoms with Gasteiger partial charge in [-0.05, 0) is 25.3 Å². The SMILES string of the molecule is CCOCC(C)OC(=O)c1cccs1. The molecule has 1 unspecified atom stereocenters. The third kappa shape index (κ3) is 3.47. The van der Waals surface area contributed by atoms with Crippen molar-refractivity contribution in [3.8, 4) is 0 Å². The molecule has 0 spiro atoms. The first-order valence-corrected chi connectivity index (χ1v) is 5.44. The molecule has 0 aliphatic rings. The number of hydrogen-bond donors (Lipinski definition) is 0. The molecule has 0 bridgehead atoms. The molecular weight excluding hydrogens is 200 g/mol. The third-order valence-electron chi connectivity index (χ3n) is 1.59. The van der Waals surface area contributed by atoms with E-state index in [1.165, 1.54) is 11.3 Å². The van der Waals surface area contributed by atoms with Crippen molar-refractivity contribution < 1.29 is 14.3 Å². The molecule has 3 nitrogen and oxygen atoms in total. The van der Waals surface area contributed by atoms with Crippen molar-refractivity contribution in [3.05, 3.63) is 22.4 Å². The Hall–Kier alpha value is -0.870. The number of carbonyl (C=O) groups is 1. The van der Waals surface area contributed by atoms with E-state index in [1.807, 2.05) is 25.3 Å². The number of rotatable bonds is 5. The van der Waals surface area contributed by atoms with Gasteiger partial charge in [0.15, 0.2) is 0 Å². The highest BCUT2D eigenvalue weighted by Gasteiger charge is 2.12. The molecular formula is C10H14O3S. The molecule has 78 valence electrons. The summed E-state index contributed by atoms with van der Waals surface area (Å²) in [6.07, 6.45) is -0.190. The van der Waals surface area contributed by atoms with Gasteiger partial charge in [-0.15, -0.1) is 11.3 Å². The van der Waals surface area contributed by atoms with Crippen LogP contribution in [0.3, 0.4) is 0 Å². The van der Waals surface area contributed by atoms with E-state index < -0.39 is 0 Å². The second kappa shape index (κ2) is 5.78. The maximum absolute atomic E-state index is 11.4. The maximum Gasteiger partial charge on any atom is 0.348 e. The molecule has 0 aliphatic heterocycles. The molecule has 0 N–H and O–H groups in total. The predicted octanol–water partition coefficient (Wildman–Crippen LogP) is 2.33. The zero-order valence-electron chi connectivity index (χ0n) is 8.36. The number of hydrogen-bond acceptors (Lipinski definition) is 4. The molecule has 1 atom stereocenters. The Bertz CT molecular complexity index is 269. The summed E-state index contributed by atoms with van der Waals surface area (Å²) in [4.78, 5) is 12.0. The normalized spacial score (nSPS) is 12.4. The second-order valence-corrected chi connectivity index (χ2v) is 3.80. The van der Waals surface area contributed by atoms with Crippen LogP contribution in [0.5, 0.6) is 0 Å². The Balaban J connectivity index is 2.34. The van der Waals surface area contributed by atoms with Crippen LogP contribution in [0, 0.1) is 0 Å². The lowest BCUT2D eigenvalue weighted by Crippen LogP contribution is -2.19. The molecule has 1 aromatic heterocycles. The van der Waals surface area contributed by atoms with Crippen LogP contribution in [0.2, 0.25) is 0 Å². The first-order chi connectivity index (χ1) is 6.74. The van der Waals surface area contributed by atoms with Gasteiger partial charge in [0.25, 0.3) is 0 Å². The van der Waals surface area contributed by atoms with E-state index in [2.05, 4.69) is 0 Å². The first-order valence-electron chi connectivity index (χ1n) is 4.56. The van der Waals surface area contributed by atoms with E-state index >= 15 is 0 Å². The van der Waals surface area contributed by atoms with Crippen LogP contribution in [0.1, 0.15) is 23.5 Å². The maximum atomic E-state index is 11.4. The Kier molecular flexibility index (Phi) is 4.62. The predicted molar refractivity (Wildman–Crippen MR) is 55.7 cm³/mol. The van der Waals surface area contributed by atoms with Gasteiger partial charge < -0.3 is 9.47 Å². The summed E-state index contributed by atoms with van der Waals surface area (Å²) in [5, 5.41) is 1.85. The van der Waals surface area contributed by atoms with Crippen molar-refractivity contribution >= 4 is 17.3 Å². The van der Waals surface area contributed by atoms with E-state index in [1.54, 1.807) is 6.07 Å². The summed E-state index contributed by atoms with van der Waals surface area (Å²) in [7, 11) is 0. The zero-order valence-corrected chi connectivity index (χ0v) is 9.17. The number of thiophene rings is 1. The van der Waals surface area contributed by atoms with E-state index in [4.69, 9.17) is 9.47 Å². The number of carbonyl (C=O) groups excluding carboxylic acids is 1. The molecule has 0 radical (unpaired) electrons. The molecule has 0 saturated carbocycles. The Morgan fingerprint density at radius 2 is 2.43 bits per heavy atom. The summed E-state index contributed by atoms with van der Waals surface area (Å²) in [6, 6.07) is 3.58. The van der Waals surface area contributed by atoms with Gasteiger partial charge in [0.1, 0.15) is 11.0 Å². The van der Waals surface area contributed by atoms with Crippen molar-refractivity contribution in [2.24, 2.45) is 0 Å². The van der Waals surface area contributed by atoms with Crippen molar-refractivity contribution in [2.45, 2.75) is 20.0 Å². The lowest BCUT2D eigenvalue weighted by Gasteiger charge is -2.11. The van der Waals surface area contributed by atoms with Crippen molar-refractivity contribution in [2.75, 3.05) is 13.2 Å². The third-order valence-corrected chi connectivity index (χ3v) is 2.44. The van der Waals surface area contributed by atoms with Crippen LogP contribution < -0.4 is 0 Å². The molecule has 0 aliphatic carbocycles. The van der Waals surface area contributed by atoms with Crippen molar-refractivity contribution in [3.63, 3.8) is 0 Å². The van der Waals surface area contributed by atoms with E-state index in [0.717, 1.165) is 0 Å². The summed E-state index contributed by atoms with van der Waals surface area (Å²) in [5.74, 6) is -0.271. The smallest absolute Gasteiger partial charge is 0.348 e. The molecule has 0 saturated heterocycles. The van der Waals surface area contributed by atoms with Crippen LogP contribution in [-0.2, 0) is 9.47 Å². The quantitative estimate of drug-likeness (QED) is 0.706. The lowest BCUT2D eigenvalue weighted by atomic mass is 10.4. The molecule has 14 heavy (non-hydrogen) atoms. The minimum absolute atomic E-state index is 0.190. The molecule has 1 rings (SSSR count). The minimum atomic E-state index is -0.271. The monoisotopic (exact) mass is 214 g/mol. The summed E-state index contributed by atoms with van der Waals surface area (Å²) in [6.45, 7) is 4.82. The fraction of sp³-hybridized carbons (Fsp3) is 0.500. The van der Waals surface area contributed by atoms with Gasteiger partial charge in [-0.1, -0.05) is 6.07 Å². The molecule has 1 heterocycles. The lowest BCUT2D eigenvalue weighted by molar-refractivity contribution is 0.00484. The highest BCUT2D eigenvalue weighted by Crippen LogP contribution is 2.11. The topological polar surface area (TPSA) is 35.5 Å². The first kappa shape index (κ1) is 11.2. The molecule has 4 heteroatoms.